The molecule has 0 saturated carbocycles. The fourth-order valence-corrected chi connectivity index (χ4v) is 3.11. The molecular formula is C27H26O4. The second-order valence-electron chi connectivity index (χ2n) is 7.59. The van der Waals surface area contributed by atoms with Crippen molar-refractivity contribution < 1.29 is 19.1 Å². The van der Waals surface area contributed by atoms with Crippen LogP contribution in [0.1, 0.15) is 34.0 Å². The molecule has 0 N–H and O–H groups in total. The van der Waals surface area contributed by atoms with E-state index in [0.717, 1.165) is 22.3 Å². The average molecular weight is 415 g/mol. The predicted octanol–water partition coefficient (Wildman–Crippen LogP) is 5.85. The first-order valence-corrected chi connectivity index (χ1v) is 10.1. The Kier molecular flexibility index (Phi) is 7.03. The van der Waals surface area contributed by atoms with E-state index < -0.39 is 11.9 Å². The number of hydrogen-bond acceptors (Lipinski definition) is 4. The zero-order valence-electron chi connectivity index (χ0n) is 18.1. The molecule has 0 saturated heterocycles. The van der Waals surface area contributed by atoms with Crippen molar-refractivity contribution in [1.29, 1.82) is 0 Å². The largest absolute Gasteiger partial charge is 0.462 e. The van der Waals surface area contributed by atoms with Crippen LogP contribution in [0.4, 0.5) is 0 Å². The van der Waals surface area contributed by atoms with Gasteiger partial charge in [0, 0.05) is 12.0 Å². The van der Waals surface area contributed by atoms with Crippen molar-refractivity contribution in [2.45, 2.75) is 27.2 Å². The van der Waals surface area contributed by atoms with Gasteiger partial charge in [0.1, 0.15) is 5.75 Å². The normalized spacial score (nSPS) is 10.4. The molecule has 4 heteroatoms. The maximum Gasteiger partial charge on any atom is 0.343 e. The zero-order valence-corrected chi connectivity index (χ0v) is 18.1. The molecule has 31 heavy (non-hydrogen) atoms. The van der Waals surface area contributed by atoms with Crippen LogP contribution in [0.15, 0.2) is 78.9 Å². The summed E-state index contributed by atoms with van der Waals surface area (Å²) in [5.74, 6) is -0.313. The molecule has 4 nitrogen and oxygen atoms in total. The van der Waals surface area contributed by atoms with Crippen molar-refractivity contribution in [2.75, 3.05) is 6.61 Å². The van der Waals surface area contributed by atoms with Gasteiger partial charge in [-0.25, -0.2) is 9.59 Å². The molecule has 0 aliphatic rings. The summed E-state index contributed by atoms with van der Waals surface area (Å²) in [7, 11) is 0. The Balaban J connectivity index is 1.61. The molecule has 3 aromatic carbocycles. The van der Waals surface area contributed by atoms with E-state index in [1.807, 2.05) is 25.1 Å². The van der Waals surface area contributed by atoms with Gasteiger partial charge >= 0.3 is 11.9 Å². The highest BCUT2D eigenvalue weighted by molar-refractivity contribution is 5.91. The van der Waals surface area contributed by atoms with Crippen LogP contribution in [0.3, 0.4) is 0 Å². The van der Waals surface area contributed by atoms with Crippen LogP contribution in [0.25, 0.3) is 11.1 Å². The van der Waals surface area contributed by atoms with Gasteiger partial charge in [0.05, 0.1) is 12.2 Å². The lowest BCUT2D eigenvalue weighted by Gasteiger charge is -2.10. The molecule has 3 aromatic rings. The number of carbonyl (C=O) groups excluding carboxylic acids is 2. The van der Waals surface area contributed by atoms with E-state index in [4.69, 9.17) is 9.47 Å². The smallest absolute Gasteiger partial charge is 0.343 e. The maximum absolute atomic E-state index is 12.5. The van der Waals surface area contributed by atoms with E-state index in [-0.39, 0.29) is 6.61 Å². The molecule has 0 aliphatic heterocycles. The van der Waals surface area contributed by atoms with E-state index in [0.29, 0.717) is 23.3 Å². The lowest BCUT2D eigenvalue weighted by molar-refractivity contribution is -0.138. The topological polar surface area (TPSA) is 52.6 Å². The summed E-state index contributed by atoms with van der Waals surface area (Å²) in [5.41, 5.74) is 6.19. The van der Waals surface area contributed by atoms with Crippen molar-refractivity contribution in [3.63, 3.8) is 0 Å². The Morgan fingerprint density at radius 1 is 0.871 bits per heavy atom. The van der Waals surface area contributed by atoms with Gasteiger partial charge in [-0.05, 0) is 67.3 Å². The van der Waals surface area contributed by atoms with Gasteiger partial charge in [-0.2, -0.15) is 0 Å². The second kappa shape index (κ2) is 9.90. The number of benzene rings is 3. The van der Waals surface area contributed by atoms with Crippen LogP contribution < -0.4 is 4.74 Å². The average Bonchev–Trinajstić information content (AvgIpc) is 2.75. The number of esters is 2. The van der Waals surface area contributed by atoms with E-state index >= 15 is 0 Å². The van der Waals surface area contributed by atoms with Gasteiger partial charge in [-0.15, -0.1) is 0 Å². The second-order valence-corrected chi connectivity index (χ2v) is 7.59. The Morgan fingerprint density at radius 3 is 2.06 bits per heavy atom. The standard InChI is InChI=1S/C27H26O4/c1-18(2)26(28)30-16-15-21-9-10-24(17-20(21)4)27(29)31-25-13-11-23(12-14-25)22-7-5-19(3)6-8-22/h5-14,17H,1,15-16H2,2-4H3. The Hall–Kier alpha value is -3.66. The summed E-state index contributed by atoms with van der Waals surface area (Å²) >= 11 is 0. The highest BCUT2D eigenvalue weighted by atomic mass is 16.5. The third kappa shape index (κ3) is 5.92. The van der Waals surface area contributed by atoms with Crippen LogP contribution in [-0.2, 0) is 16.0 Å². The minimum Gasteiger partial charge on any atom is -0.462 e. The third-order valence-corrected chi connectivity index (χ3v) is 4.98. The Labute approximate surface area is 183 Å². The molecule has 0 heterocycles. The molecule has 0 unspecified atom stereocenters. The molecule has 0 bridgehead atoms. The SMILES string of the molecule is C=C(C)C(=O)OCCc1ccc(C(=O)Oc2ccc(-c3ccc(C)cc3)cc2)cc1C. The zero-order chi connectivity index (χ0) is 22.4. The molecule has 0 radical (unpaired) electrons. The Bertz CT molecular complexity index is 1090. The monoisotopic (exact) mass is 414 g/mol. The van der Waals surface area contributed by atoms with Crippen LogP contribution in [0.2, 0.25) is 0 Å². The number of aryl methyl sites for hydroxylation is 2. The molecule has 0 aliphatic carbocycles. The van der Waals surface area contributed by atoms with E-state index in [1.54, 1.807) is 31.2 Å². The molecule has 0 fully saturated rings. The minimum absolute atomic E-state index is 0.268. The minimum atomic E-state index is -0.411. The first-order chi connectivity index (χ1) is 14.8. The molecular weight excluding hydrogens is 388 g/mol. The number of ether oxygens (including phenoxy) is 2. The van der Waals surface area contributed by atoms with Crippen LogP contribution in [0, 0.1) is 13.8 Å². The number of carbonyl (C=O) groups is 2. The summed E-state index contributed by atoms with van der Waals surface area (Å²) in [4.78, 5) is 24.0. The van der Waals surface area contributed by atoms with Gasteiger partial charge in [-0.3, -0.25) is 0 Å². The van der Waals surface area contributed by atoms with Crippen LogP contribution in [-0.4, -0.2) is 18.5 Å². The van der Waals surface area contributed by atoms with Gasteiger partial charge in [0.25, 0.3) is 0 Å². The third-order valence-electron chi connectivity index (χ3n) is 4.98. The first-order valence-electron chi connectivity index (χ1n) is 10.1. The Morgan fingerprint density at radius 2 is 1.48 bits per heavy atom. The lowest BCUT2D eigenvalue weighted by Crippen LogP contribution is -2.11. The molecule has 3 rings (SSSR count). The summed E-state index contributed by atoms with van der Waals surface area (Å²) < 4.78 is 10.7. The maximum atomic E-state index is 12.5. The first kappa shape index (κ1) is 22.0. The van der Waals surface area contributed by atoms with Crippen molar-refractivity contribution in [2.24, 2.45) is 0 Å². The van der Waals surface area contributed by atoms with Crippen LogP contribution >= 0.6 is 0 Å². The molecule has 0 amide bonds. The quantitative estimate of drug-likeness (QED) is 0.276. The van der Waals surface area contributed by atoms with Crippen molar-refractivity contribution >= 4 is 11.9 Å². The van der Waals surface area contributed by atoms with Gasteiger partial charge in [0.2, 0.25) is 0 Å². The molecule has 158 valence electrons. The van der Waals surface area contributed by atoms with E-state index in [9.17, 15) is 9.59 Å². The fraction of sp³-hybridized carbons (Fsp3) is 0.185. The molecule has 0 aromatic heterocycles. The summed E-state index contributed by atoms with van der Waals surface area (Å²) in [5, 5.41) is 0. The van der Waals surface area contributed by atoms with E-state index in [2.05, 4.69) is 37.8 Å². The van der Waals surface area contributed by atoms with Gasteiger partial charge < -0.3 is 9.47 Å². The molecule has 0 spiro atoms. The number of rotatable bonds is 7. The fourth-order valence-electron chi connectivity index (χ4n) is 3.11. The van der Waals surface area contributed by atoms with E-state index in [1.165, 1.54) is 5.56 Å². The summed E-state index contributed by atoms with van der Waals surface area (Å²) in [6.07, 6.45) is 0.570. The number of hydrogen-bond donors (Lipinski definition) is 0. The lowest BCUT2D eigenvalue weighted by atomic mass is 10.0. The highest BCUT2D eigenvalue weighted by Gasteiger charge is 2.11. The summed E-state index contributed by atoms with van der Waals surface area (Å²) in [6.45, 7) is 9.42. The predicted molar refractivity (Wildman–Crippen MR) is 122 cm³/mol. The molecule has 0 atom stereocenters. The van der Waals surface area contributed by atoms with Gasteiger partial charge in [-0.1, -0.05) is 54.6 Å². The van der Waals surface area contributed by atoms with Crippen molar-refractivity contribution in [1.82, 2.24) is 0 Å². The summed E-state index contributed by atoms with van der Waals surface area (Å²) in [6, 6.07) is 21.1. The van der Waals surface area contributed by atoms with Gasteiger partial charge in [0.15, 0.2) is 0 Å². The van der Waals surface area contributed by atoms with Crippen LogP contribution in [0.5, 0.6) is 5.75 Å². The van der Waals surface area contributed by atoms with Crippen molar-refractivity contribution in [3.8, 4) is 16.9 Å². The van der Waals surface area contributed by atoms with Crippen molar-refractivity contribution in [3.05, 3.63) is 101 Å². The highest BCUT2D eigenvalue weighted by Crippen LogP contribution is 2.23.